The van der Waals surface area contributed by atoms with Crippen molar-refractivity contribution in [2.24, 2.45) is 0 Å². The standard InChI is InChI=1S/C9H15N3O2/c1-3-4-7-12(2)9(14)8(13)11-6-5-10/h3-4,6-7H2,1-2H3,(H,11,13). The van der Waals surface area contributed by atoms with Crippen molar-refractivity contribution < 1.29 is 9.59 Å². The van der Waals surface area contributed by atoms with Gasteiger partial charge in [0, 0.05) is 13.6 Å². The summed E-state index contributed by atoms with van der Waals surface area (Å²) in [5.74, 6) is -1.31. The smallest absolute Gasteiger partial charge is 0.311 e. The van der Waals surface area contributed by atoms with E-state index in [1.54, 1.807) is 13.1 Å². The number of unbranched alkanes of at least 4 members (excludes halogenated alkanes) is 1. The maximum Gasteiger partial charge on any atom is 0.311 e. The van der Waals surface area contributed by atoms with Gasteiger partial charge in [-0.15, -0.1) is 0 Å². The number of nitrogens with one attached hydrogen (secondary N) is 1. The summed E-state index contributed by atoms with van der Waals surface area (Å²) >= 11 is 0. The van der Waals surface area contributed by atoms with E-state index in [9.17, 15) is 9.59 Å². The van der Waals surface area contributed by atoms with E-state index in [1.807, 2.05) is 6.92 Å². The molecule has 0 aliphatic heterocycles. The molecular weight excluding hydrogens is 182 g/mol. The van der Waals surface area contributed by atoms with Crippen LogP contribution in [0.25, 0.3) is 0 Å². The number of carbonyl (C=O) groups is 2. The number of amides is 2. The van der Waals surface area contributed by atoms with Crippen LogP contribution in [0.2, 0.25) is 0 Å². The third kappa shape index (κ3) is 4.45. The number of likely N-dealkylation sites (N-methyl/N-ethyl adjacent to an activating group) is 1. The van der Waals surface area contributed by atoms with Crippen LogP contribution < -0.4 is 5.32 Å². The van der Waals surface area contributed by atoms with Crippen molar-refractivity contribution in [1.29, 1.82) is 5.26 Å². The summed E-state index contributed by atoms with van der Waals surface area (Å²) < 4.78 is 0. The fraction of sp³-hybridized carbons (Fsp3) is 0.667. The predicted octanol–water partition coefficient (Wildman–Crippen LogP) is -0.115. The Hall–Kier alpha value is -1.57. The first kappa shape index (κ1) is 12.4. The SMILES string of the molecule is CCCCN(C)C(=O)C(=O)NCC#N. The van der Waals surface area contributed by atoms with Crippen LogP contribution in [0.1, 0.15) is 19.8 Å². The van der Waals surface area contributed by atoms with Crippen LogP contribution >= 0.6 is 0 Å². The van der Waals surface area contributed by atoms with Crippen molar-refractivity contribution in [1.82, 2.24) is 10.2 Å². The first-order chi connectivity index (χ1) is 6.63. The minimum atomic E-state index is -0.717. The Labute approximate surface area is 83.7 Å². The summed E-state index contributed by atoms with van der Waals surface area (Å²) in [5, 5.41) is 10.4. The average Bonchev–Trinajstić information content (AvgIpc) is 2.21. The van der Waals surface area contributed by atoms with Crippen molar-refractivity contribution in [3.8, 4) is 6.07 Å². The molecule has 0 atom stereocenters. The fourth-order valence-electron chi connectivity index (χ4n) is 0.866. The minimum absolute atomic E-state index is 0.133. The van der Waals surface area contributed by atoms with Crippen LogP contribution in [-0.2, 0) is 9.59 Å². The number of hydrogen-bond donors (Lipinski definition) is 1. The average molecular weight is 197 g/mol. The van der Waals surface area contributed by atoms with E-state index in [1.165, 1.54) is 4.90 Å². The zero-order valence-electron chi connectivity index (χ0n) is 8.54. The number of nitrogens with zero attached hydrogens (tertiary/aromatic N) is 2. The second-order valence-corrected chi connectivity index (χ2v) is 2.92. The molecule has 5 heteroatoms. The Morgan fingerprint density at radius 1 is 1.50 bits per heavy atom. The maximum absolute atomic E-state index is 11.3. The summed E-state index contributed by atoms with van der Waals surface area (Å²) in [5.41, 5.74) is 0. The maximum atomic E-state index is 11.3. The van der Waals surface area contributed by atoms with Crippen molar-refractivity contribution >= 4 is 11.8 Å². The summed E-state index contributed by atoms with van der Waals surface area (Å²) in [7, 11) is 1.57. The van der Waals surface area contributed by atoms with Gasteiger partial charge in [0.05, 0.1) is 6.07 Å². The topological polar surface area (TPSA) is 73.2 Å². The Morgan fingerprint density at radius 3 is 2.64 bits per heavy atom. The molecule has 0 saturated carbocycles. The Balaban J connectivity index is 3.92. The van der Waals surface area contributed by atoms with Gasteiger partial charge in [0.25, 0.3) is 0 Å². The molecule has 78 valence electrons. The van der Waals surface area contributed by atoms with Crippen molar-refractivity contribution in [2.75, 3.05) is 20.1 Å². The number of rotatable bonds is 4. The molecule has 0 fully saturated rings. The Morgan fingerprint density at radius 2 is 2.14 bits per heavy atom. The monoisotopic (exact) mass is 197 g/mol. The molecule has 0 heterocycles. The molecule has 0 bridgehead atoms. The fourth-order valence-corrected chi connectivity index (χ4v) is 0.866. The Kier molecular flexibility index (Phi) is 6.12. The van der Waals surface area contributed by atoms with Crippen LogP contribution in [0.3, 0.4) is 0 Å². The third-order valence-electron chi connectivity index (χ3n) is 1.72. The van der Waals surface area contributed by atoms with Crippen LogP contribution in [0.15, 0.2) is 0 Å². The normalized spacial score (nSPS) is 8.93. The van der Waals surface area contributed by atoms with Gasteiger partial charge in [0.2, 0.25) is 0 Å². The first-order valence-corrected chi connectivity index (χ1v) is 4.53. The lowest BCUT2D eigenvalue weighted by Gasteiger charge is -2.15. The van der Waals surface area contributed by atoms with Gasteiger partial charge >= 0.3 is 11.8 Å². The molecule has 14 heavy (non-hydrogen) atoms. The van der Waals surface area contributed by atoms with Gasteiger partial charge in [-0.3, -0.25) is 9.59 Å². The highest BCUT2D eigenvalue weighted by atomic mass is 16.2. The van der Waals surface area contributed by atoms with E-state index in [4.69, 9.17) is 5.26 Å². The van der Waals surface area contributed by atoms with E-state index >= 15 is 0 Å². The van der Waals surface area contributed by atoms with Crippen LogP contribution in [0, 0.1) is 11.3 Å². The molecule has 0 aromatic rings. The van der Waals surface area contributed by atoms with Crippen molar-refractivity contribution in [3.05, 3.63) is 0 Å². The first-order valence-electron chi connectivity index (χ1n) is 4.53. The predicted molar refractivity (Wildman–Crippen MR) is 51.2 cm³/mol. The molecule has 0 unspecified atom stereocenters. The molecule has 0 aliphatic rings. The largest absolute Gasteiger partial charge is 0.338 e. The van der Waals surface area contributed by atoms with Gasteiger partial charge in [-0.2, -0.15) is 5.26 Å². The van der Waals surface area contributed by atoms with Crippen LogP contribution in [0.4, 0.5) is 0 Å². The van der Waals surface area contributed by atoms with Gasteiger partial charge in [-0.1, -0.05) is 13.3 Å². The van der Waals surface area contributed by atoms with Gasteiger partial charge in [-0.25, -0.2) is 0 Å². The van der Waals surface area contributed by atoms with Gasteiger partial charge in [0.1, 0.15) is 6.54 Å². The molecule has 0 aromatic carbocycles. The molecule has 5 nitrogen and oxygen atoms in total. The lowest BCUT2D eigenvalue weighted by atomic mass is 10.3. The second-order valence-electron chi connectivity index (χ2n) is 2.92. The second kappa shape index (κ2) is 6.89. The van der Waals surface area contributed by atoms with E-state index in [2.05, 4.69) is 5.32 Å². The molecule has 0 saturated heterocycles. The van der Waals surface area contributed by atoms with E-state index < -0.39 is 11.8 Å². The van der Waals surface area contributed by atoms with Gasteiger partial charge < -0.3 is 10.2 Å². The molecule has 0 aliphatic carbocycles. The van der Waals surface area contributed by atoms with E-state index in [-0.39, 0.29) is 6.54 Å². The summed E-state index contributed by atoms with van der Waals surface area (Å²) in [6, 6.07) is 1.73. The van der Waals surface area contributed by atoms with Gasteiger partial charge in [-0.05, 0) is 6.42 Å². The highest BCUT2D eigenvalue weighted by Gasteiger charge is 2.16. The zero-order chi connectivity index (χ0) is 11.0. The van der Waals surface area contributed by atoms with Gasteiger partial charge in [0.15, 0.2) is 0 Å². The summed E-state index contributed by atoms with van der Waals surface area (Å²) in [6.07, 6.45) is 1.84. The lowest BCUT2D eigenvalue weighted by Crippen LogP contribution is -2.41. The quantitative estimate of drug-likeness (QED) is 0.504. The Bertz CT molecular complexity index is 245. The van der Waals surface area contributed by atoms with Crippen molar-refractivity contribution in [2.45, 2.75) is 19.8 Å². The lowest BCUT2D eigenvalue weighted by molar-refractivity contribution is -0.144. The zero-order valence-corrected chi connectivity index (χ0v) is 8.54. The number of carbonyl (C=O) groups excluding carboxylic acids is 2. The highest BCUT2D eigenvalue weighted by Crippen LogP contribution is 1.92. The molecular formula is C9H15N3O2. The molecule has 0 aromatic heterocycles. The van der Waals surface area contributed by atoms with Crippen LogP contribution in [0.5, 0.6) is 0 Å². The molecule has 1 N–H and O–H groups in total. The highest BCUT2D eigenvalue weighted by molar-refractivity contribution is 6.34. The number of hydrogen-bond acceptors (Lipinski definition) is 3. The minimum Gasteiger partial charge on any atom is -0.338 e. The third-order valence-corrected chi connectivity index (χ3v) is 1.72. The number of nitriles is 1. The van der Waals surface area contributed by atoms with Crippen LogP contribution in [-0.4, -0.2) is 36.9 Å². The molecule has 0 radical (unpaired) electrons. The van der Waals surface area contributed by atoms with E-state index in [0.29, 0.717) is 6.54 Å². The van der Waals surface area contributed by atoms with Crippen molar-refractivity contribution in [3.63, 3.8) is 0 Å². The van der Waals surface area contributed by atoms with E-state index in [0.717, 1.165) is 12.8 Å². The molecule has 0 spiro atoms. The summed E-state index contributed by atoms with van der Waals surface area (Å²) in [4.78, 5) is 23.7. The molecule has 2 amide bonds. The summed E-state index contributed by atoms with van der Waals surface area (Å²) in [6.45, 7) is 2.44. The molecule has 0 rings (SSSR count).